The van der Waals surface area contributed by atoms with Crippen molar-refractivity contribution in [1.82, 2.24) is 14.8 Å². The Balaban J connectivity index is 1.18. The van der Waals surface area contributed by atoms with Crippen LogP contribution in [0.25, 0.3) is 21.5 Å². The second kappa shape index (κ2) is 9.83. The van der Waals surface area contributed by atoms with E-state index in [4.69, 9.17) is 14.2 Å². The molecule has 37 heavy (non-hydrogen) atoms. The van der Waals surface area contributed by atoms with Crippen LogP contribution < -0.4 is 14.8 Å². The Morgan fingerprint density at radius 1 is 1.08 bits per heavy atom. The summed E-state index contributed by atoms with van der Waals surface area (Å²) < 4.78 is 18.7. The molecule has 2 aliphatic heterocycles. The monoisotopic (exact) mass is 520 g/mol. The zero-order chi connectivity index (χ0) is 25.4. The Bertz CT molecular complexity index is 1490. The summed E-state index contributed by atoms with van der Waals surface area (Å²) in [6.45, 7) is 1.66. The maximum Gasteiger partial charge on any atom is 0.357 e. The average Bonchev–Trinajstić information content (AvgIpc) is 3.53. The van der Waals surface area contributed by atoms with Gasteiger partial charge in [0.25, 0.3) is 0 Å². The van der Waals surface area contributed by atoms with Crippen LogP contribution in [0.5, 0.6) is 11.5 Å². The van der Waals surface area contributed by atoms with Gasteiger partial charge in [-0.3, -0.25) is 4.79 Å². The number of hydrogen-bond donors (Lipinski definition) is 2. The fraction of sp³-hybridized carbons (Fsp3) is 0.308. The van der Waals surface area contributed by atoms with E-state index in [2.05, 4.69) is 15.4 Å². The number of rotatable bonds is 6. The number of benzene rings is 2. The van der Waals surface area contributed by atoms with E-state index in [0.717, 1.165) is 29.8 Å². The molecule has 2 N–H and O–H groups in total. The number of aromatic nitrogens is 3. The minimum Gasteiger partial charge on any atom is -0.486 e. The third kappa shape index (κ3) is 4.75. The van der Waals surface area contributed by atoms with E-state index in [-0.39, 0.29) is 24.2 Å². The number of aromatic carboxylic acids is 1. The maximum absolute atomic E-state index is 12.8. The maximum atomic E-state index is 12.8. The van der Waals surface area contributed by atoms with Crippen LogP contribution >= 0.6 is 11.3 Å². The number of thiazole rings is 1. The molecule has 4 aromatic rings. The van der Waals surface area contributed by atoms with Crippen molar-refractivity contribution in [3.8, 4) is 22.1 Å². The molecule has 1 saturated heterocycles. The molecule has 4 heterocycles. The molecule has 1 unspecified atom stereocenters. The van der Waals surface area contributed by atoms with Gasteiger partial charge in [-0.05, 0) is 55.7 Å². The summed E-state index contributed by atoms with van der Waals surface area (Å²) in [4.78, 5) is 29.3. The number of carboxylic acids is 1. The van der Waals surface area contributed by atoms with Crippen LogP contribution in [0.2, 0.25) is 0 Å². The van der Waals surface area contributed by atoms with Gasteiger partial charge in [0.05, 0.1) is 17.6 Å². The minimum absolute atomic E-state index is 0.0659. The van der Waals surface area contributed by atoms with E-state index < -0.39 is 5.97 Å². The highest BCUT2D eigenvalue weighted by Gasteiger charge is 2.24. The highest BCUT2D eigenvalue weighted by atomic mass is 32.1. The topological polar surface area (TPSA) is 125 Å². The van der Waals surface area contributed by atoms with Crippen molar-refractivity contribution in [3.05, 3.63) is 53.2 Å². The molecule has 0 bridgehead atoms. The number of nitrogens with one attached hydrogen (secondary N) is 1. The van der Waals surface area contributed by atoms with Crippen LogP contribution in [-0.4, -0.2) is 51.6 Å². The third-order valence-corrected chi connectivity index (χ3v) is 7.24. The van der Waals surface area contributed by atoms with Gasteiger partial charge in [0, 0.05) is 28.6 Å². The summed E-state index contributed by atoms with van der Waals surface area (Å²) in [5.41, 5.74) is 2.62. The second-order valence-corrected chi connectivity index (χ2v) is 9.74. The molecule has 0 spiro atoms. The number of carboxylic acid groups (broad SMARTS) is 1. The summed E-state index contributed by atoms with van der Waals surface area (Å²) >= 11 is 1.45. The molecule has 2 aliphatic rings. The van der Waals surface area contributed by atoms with Crippen molar-refractivity contribution < 1.29 is 28.9 Å². The van der Waals surface area contributed by atoms with Gasteiger partial charge in [0.15, 0.2) is 23.4 Å². The number of fused-ring (bicyclic) bond motifs is 2. The standard InChI is InChI=1S/C26H24N4O6S/c31-22(13-17-14-37-25(28-17)15-4-7-20-21(11-15)35-10-9-34-20)27-16-5-6-19-18(12-16)24(26(32)33)29-30(19)23-3-1-2-8-36-23/h4-7,11-12,14,23H,1-3,8-10,13H2,(H,27,31)(H,32,33). The molecular weight excluding hydrogens is 496 g/mol. The van der Waals surface area contributed by atoms with Crippen LogP contribution in [0, 0.1) is 0 Å². The molecule has 2 aromatic carbocycles. The molecular formula is C26H24N4O6S. The number of nitrogens with zero attached hydrogens (tertiary/aromatic N) is 3. The van der Waals surface area contributed by atoms with Crippen molar-refractivity contribution in [1.29, 1.82) is 0 Å². The summed E-state index contributed by atoms with van der Waals surface area (Å²) in [5.74, 6) is 0.0224. The lowest BCUT2D eigenvalue weighted by Gasteiger charge is -2.23. The molecule has 1 fully saturated rings. The summed E-state index contributed by atoms with van der Waals surface area (Å²) in [7, 11) is 0. The van der Waals surface area contributed by atoms with Crippen LogP contribution in [0.1, 0.15) is 41.7 Å². The van der Waals surface area contributed by atoms with E-state index in [1.165, 1.54) is 11.3 Å². The number of anilines is 1. The van der Waals surface area contributed by atoms with Crippen molar-refractivity contribution in [2.75, 3.05) is 25.1 Å². The van der Waals surface area contributed by atoms with Crippen LogP contribution in [0.15, 0.2) is 41.8 Å². The normalized spacial score (nSPS) is 17.0. The van der Waals surface area contributed by atoms with Gasteiger partial charge in [0.2, 0.25) is 5.91 Å². The first-order valence-corrected chi connectivity index (χ1v) is 12.9. The van der Waals surface area contributed by atoms with Gasteiger partial charge in [0.1, 0.15) is 18.2 Å². The Hall–Kier alpha value is -3.96. The Morgan fingerprint density at radius 3 is 2.76 bits per heavy atom. The molecule has 11 heteroatoms. The smallest absolute Gasteiger partial charge is 0.357 e. The first-order chi connectivity index (χ1) is 18.0. The minimum atomic E-state index is -1.13. The first kappa shape index (κ1) is 23.4. The van der Waals surface area contributed by atoms with Crippen molar-refractivity contribution in [3.63, 3.8) is 0 Å². The predicted molar refractivity (Wildman–Crippen MR) is 136 cm³/mol. The predicted octanol–water partition coefficient (Wildman–Crippen LogP) is 4.51. The molecule has 190 valence electrons. The quantitative estimate of drug-likeness (QED) is 0.381. The van der Waals surface area contributed by atoms with Crippen molar-refractivity contribution in [2.24, 2.45) is 0 Å². The molecule has 1 amide bonds. The molecule has 0 saturated carbocycles. The summed E-state index contributed by atoms with van der Waals surface area (Å²) in [6.07, 6.45) is 2.54. The Labute approximate surface area is 215 Å². The second-order valence-electron chi connectivity index (χ2n) is 8.88. The number of amides is 1. The fourth-order valence-electron chi connectivity index (χ4n) is 4.58. The zero-order valence-corrected chi connectivity index (χ0v) is 20.6. The number of hydrogen-bond acceptors (Lipinski definition) is 8. The van der Waals surface area contributed by atoms with E-state index in [0.29, 0.717) is 53.6 Å². The Kier molecular flexibility index (Phi) is 6.23. The lowest BCUT2D eigenvalue weighted by molar-refractivity contribution is -0.115. The molecule has 2 aromatic heterocycles. The van der Waals surface area contributed by atoms with Gasteiger partial charge in [-0.1, -0.05) is 0 Å². The third-order valence-electron chi connectivity index (χ3n) is 6.30. The summed E-state index contributed by atoms with van der Waals surface area (Å²) in [5, 5.41) is 20.0. The molecule has 6 rings (SSSR count). The summed E-state index contributed by atoms with van der Waals surface area (Å²) in [6, 6.07) is 10.8. The SMILES string of the molecule is O=C(Cc1csc(-c2ccc3c(c2)OCCO3)n1)Nc1ccc2c(c1)c(C(=O)O)nn2C1CCCCO1. The number of carbonyl (C=O) groups is 2. The van der Waals surface area contributed by atoms with Crippen molar-refractivity contribution in [2.45, 2.75) is 31.9 Å². The van der Waals surface area contributed by atoms with E-state index >= 15 is 0 Å². The number of carbonyl (C=O) groups excluding carboxylic acids is 1. The highest BCUT2D eigenvalue weighted by Crippen LogP contribution is 2.35. The molecule has 1 atom stereocenters. The van der Waals surface area contributed by atoms with E-state index in [9.17, 15) is 14.7 Å². The van der Waals surface area contributed by atoms with Crippen molar-refractivity contribution >= 4 is 39.8 Å². The average molecular weight is 521 g/mol. The van der Waals surface area contributed by atoms with Crippen LogP contribution in [0.4, 0.5) is 5.69 Å². The first-order valence-electron chi connectivity index (χ1n) is 12.1. The van der Waals surface area contributed by atoms with Gasteiger partial charge in [-0.25, -0.2) is 14.5 Å². The molecule has 10 nitrogen and oxygen atoms in total. The fourth-order valence-corrected chi connectivity index (χ4v) is 5.40. The van der Waals surface area contributed by atoms with Gasteiger partial charge < -0.3 is 24.6 Å². The Morgan fingerprint density at radius 2 is 1.95 bits per heavy atom. The van der Waals surface area contributed by atoms with Crippen LogP contribution in [-0.2, 0) is 16.0 Å². The van der Waals surface area contributed by atoms with E-state index in [1.807, 2.05) is 23.6 Å². The van der Waals surface area contributed by atoms with Gasteiger partial charge >= 0.3 is 5.97 Å². The van der Waals surface area contributed by atoms with Gasteiger partial charge in [-0.15, -0.1) is 11.3 Å². The lowest BCUT2D eigenvalue weighted by Crippen LogP contribution is -2.19. The molecule has 0 aliphatic carbocycles. The highest BCUT2D eigenvalue weighted by molar-refractivity contribution is 7.13. The zero-order valence-electron chi connectivity index (χ0n) is 19.8. The molecule has 0 radical (unpaired) electrons. The van der Waals surface area contributed by atoms with Gasteiger partial charge in [-0.2, -0.15) is 5.10 Å². The number of ether oxygens (including phenoxy) is 3. The largest absolute Gasteiger partial charge is 0.486 e. The van der Waals surface area contributed by atoms with Crippen LogP contribution in [0.3, 0.4) is 0 Å². The van der Waals surface area contributed by atoms with E-state index in [1.54, 1.807) is 22.9 Å². The lowest BCUT2D eigenvalue weighted by atomic mass is 10.1.